The molecule has 0 bridgehead atoms. The van der Waals surface area contributed by atoms with Gasteiger partial charge in [0.25, 0.3) is 0 Å². The molecule has 0 aliphatic carbocycles. The quantitative estimate of drug-likeness (QED) is 0.318. The third-order valence-electron chi connectivity index (χ3n) is 1.38. The summed E-state index contributed by atoms with van der Waals surface area (Å²) in [4.78, 5) is 11.0. The monoisotopic (exact) mass is 262 g/mol. The van der Waals surface area contributed by atoms with Crippen LogP contribution in [0.2, 0.25) is 0 Å². The van der Waals surface area contributed by atoms with E-state index >= 15 is 0 Å². The van der Waals surface area contributed by atoms with Crippen LogP contribution in [-0.4, -0.2) is 18.2 Å². The first-order valence-electron chi connectivity index (χ1n) is 4.18. The molecule has 0 aliphatic heterocycles. The van der Waals surface area contributed by atoms with Gasteiger partial charge in [-0.2, -0.15) is 0 Å². The van der Waals surface area contributed by atoms with Crippen LogP contribution < -0.4 is 0 Å². The summed E-state index contributed by atoms with van der Waals surface area (Å²) in [6.45, 7) is 2.07. The van der Waals surface area contributed by atoms with Crippen molar-refractivity contribution in [2.24, 2.45) is 0 Å². The van der Waals surface area contributed by atoms with Crippen LogP contribution >= 0.6 is 33.2 Å². The van der Waals surface area contributed by atoms with Crippen molar-refractivity contribution >= 4 is 45.2 Å². The Hall–Kier alpha value is 0.557. The van der Waals surface area contributed by atoms with Crippen molar-refractivity contribution in [3.05, 3.63) is 0 Å². The fourth-order valence-electron chi connectivity index (χ4n) is 0.754. The molecule has 2 nitrogen and oxygen atoms in total. The summed E-state index contributed by atoms with van der Waals surface area (Å²) >= 11 is 16.6. The molecule has 0 aromatic heterocycles. The molecule has 0 aromatic rings. The maximum Gasteiger partial charge on any atom is 0.378 e. The van der Waals surface area contributed by atoms with Gasteiger partial charge in [-0.05, 0) is 6.42 Å². The van der Waals surface area contributed by atoms with Crippen LogP contribution in [0.4, 0.5) is 0 Å². The van der Waals surface area contributed by atoms with E-state index < -0.39 is 6.00 Å². The molecule has 0 radical (unpaired) electrons. The lowest BCUT2D eigenvalue weighted by atomic mass is 10.2. The molecule has 0 aliphatic rings. The zero-order chi connectivity index (χ0) is 10.3. The van der Waals surface area contributed by atoms with Crippen LogP contribution in [-0.2, 0) is 9.53 Å². The molecule has 0 heterocycles. The van der Waals surface area contributed by atoms with Gasteiger partial charge in [0, 0.05) is 6.42 Å². The first-order valence-corrected chi connectivity index (χ1v) is 9.42. The van der Waals surface area contributed by atoms with E-state index in [4.69, 9.17) is 38.0 Å². The standard InChI is InChI=1S/C7H13Cl3O2Si/c1-2-3-4-5-7(11)12-6-13(8,9)10/h2-6H2,1H3. The first-order chi connectivity index (χ1) is 5.95. The van der Waals surface area contributed by atoms with Crippen molar-refractivity contribution in [1.82, 2.24) is 0 Å². The van der Waals surface area contributed by atoms with Gasteiger partial charge in [0.15, 0.2) is 0 Å². The van der Waals surface area contributed by atoms with Gasteiger partial charge in [0.1, 0.15) is 6.23 Å². The molecule has 13 heavy (non-hydrogen) atoms. The summed E-state index contributed by atoms with van der Waals surface area (Å²) in [5.41, 5.74) is 0. The molecule has 0 N–H and O–H groups in total. The molecule has 0 amide bonds. The van der Waals surface area contributed by atoms with Crippen molar-refractivity contribution in [1.29, 1.82) is 0 Å². The largest absolute Gasteiger partial charge is 0.465 e. The Labute approximate surface area is 93.6 Å². The van der Waals surface area contributed by atoms with Gasteiger partial charge in [-0.15, -0.1) is 33.2 Å². The van der Waals surface area contributed by atoms with Gasteiger partial charge < -0.3 is 4.74 Å². The molecule has 0 saturated carbocycles. The maximum atomic E-state index is 11.0. The van der Waals surface area contributed by atoms with Crippen LogP contribution in [0.3, 0.4) is 0 Å². The highest BCUT2D eigenvalue weighted by Crippen LogP contribution is 2.19. The van der Waals surface area contributed by atoms with Gasteiger partial charge in [-0.3, -0.25) is 4.79 Å². The lowest BCUT2D eigenvalue weighted by Gasteiger charge is -2.08. The molecule has 0 unspecified atom stereocenters. The van der Waals surface area contributed by atoms with E-state index in [0.29, 0.717) is 6.42 Å². The Morgan fingerprint density at radius 2 is 1.92 bits per heavy atom. The van der Waals surface area contributed by atoms with Crippen LogP contribution in [0.5, 0.6) is 0 Å². The Bertz CT molecular complexity index is 158. The Balaban J connectivity index is 3.41. The molecular formula is C7H13Cl3O2Si. The Kier molecular flexibility index (Phi) is 7.23. The minimum Gasteiger partial charge on any atom is -0.465 e. The van der Waals surface area contributed by atoms with E-state index in [1.807, 2.05) is 0 Å². The van der Waals surface area contributed by atoms with E-state index in [1.54, 1.807) is 0 Å². The van der Waals surface area contributed by atoms with E-state index in [0.717, 1.165) is 19.3 Å². The number of unbranched alkanes of at least 4 members (excludes halogenated alkanes) is 2. The molecular weight excluding hydrogens is 251 g/mol. The number of esters is 1. The lowest BCUT2D eigenvalue weighted by Crippen LogP contribution is -2.22. The molecule has 78 valence electrons. The lowest BCUT2D eigenvalue weighted by molar-refractivity contribution is -0.141. The number of carbonyl (C=O) groups is 1. The predicted octanol–water partition coefficient (Wildman–Crippen LogP) is 3.30. The number of hydrogen-bond donors (Lipinski definition) is 0. The highest BCUT2D eigenvalue weighted by Gasteiger charge is 2.27. The van der Waals surface area contributed by atoms with Crippen molar-refractivity contribution in [2.45, 2.75) is 32.6 Å². The van der Waals surface area contributed by atoms with Crippen LogP contribution in [0.25, 0.3) is 0 Å². The number of hydrogen-bond acceptors (Lipinski definition) is 2. The summed E-state index contributed by atoms with van der Waals surface area (Å²) in [5, 5.41) is 0. The third-order valence-corrected chi connectivity index (χ3v) is 2.83. The second kappa shape index (κ2) is 6.93. The predicted molar refractivity (Wildman–Crippen MR) is 58.4 cm³/mol. The molecule has 0 rings (SSSR count). The van der Waals surface area contributed by atoms with Crippen molar-refractivity contribution < 1.29 is 9.53 Å². The van der Waals surface area contributed by atoms with Crippen LogP contribution in [0, 0.1) is 0 Å². The van der Waals surface area contributed by atoms with E-state index in [1.165, 1.54) is 0 Å². The fraction of sp³-hybridized carbons (Fsp3) is 0.857. The summed E-state index contributed by atoms with van der Waals surface area (Å²) in [5.74, 6) is -0.271. The van der Waals surface area contributed by atoms with E-state index in [2.05, 4.69) is 6.92 Å². The minimum atomic E-state index is -2.79. The van der Waals surface area contributed by atoms with Crippen molar-refractivity contribution in [3.8, 4) is 0 Å². The molecule has 0 saturated heterocycles. The topological polar surface area (TPSA) is 26.3 Å². The fourth-order valence-corrected chi connectivity index (χ4v) is 1.57. The van der Waals surface area contributed by atoms with Crippen LogP contribution in [0.1, 0.15) is 32.6 Å². The highest BCUT2D eigenvalue weighted by molar-refractivity contribution is 7.64. The number of rotatable bonds is 6. The highest BCUT2D eigenvalue weighted by atomic mass is 35.8. The van der Waals surface area contributed by atoms with Crippen LogP contribution in [0.15, 0.2) is 0 Å². The molecule has 6 heteroatoms. The molecule has 0 aromatic carbocycles. The zero-order valence-corrected chi connectivity index (χ0v) is 10.8. The third kappa shape index (κ3) is 10.5. The summed E-state index contributed by atoms with van der Waals surface area (Å²) in [6.07, 6.45) is 3.33. The van der Waals surface area contributed by atoms with Gasteiger partial charge in [0.05, 0.1) is 0 Å². The number of carbonyl (C=O) groups excluding carboxylic acids is 1. The SMILES string of the molecule is CCCCCC(=O)OC[Si](Cl)(Cl)Cl. The number of ether oxygens (including phenoxy) is 1. The second-order valence-corrected chi connectivity index (χ2v) is 11.8. The van der Waals surface area contributed by atoms with Gasteiger partial charge >= 0.3 is 12.0 Å². The summed E-state index contributed by atoms with van der Waals surface area (Å²) < 4.78 is 4.78. The average Bonchev–Trinajstić information content (AvgIpc) is 2.00. The van der Waals surface area contributed by atoms with E-state index in [-0.39, 0.29) is 12.2 Å². The first kappa shape index (κ1) is 13.6. The molecule has 0 atom stereocenters. The normalized spacial score (nSPS) is 11.4. The summed E-state index contributed by atoms with van der Waals surface area (Å²) in [6, 6.07) is -2.79. The van der Waals surface area contributed by atoms with E-state index in [9.17, 15) is 4.79 Å². The number of halogens is 3. The Morgan fingerprint density at radius 1 is 1.31 bits per heavy atom. The maximum absolute atomic E-state index is 11.0. The van der Waals surface area contributed by atoms with Gasteiger partial charge in [-0.25, -0.2) is 0 Å². The zero-order valence-electron chi connectivity index (χ0n) is 7.49. The van der Waals surface area contributed by atoms with Crippen molar-refractivity contribution in [3.63, 3.8) is 0 Å². The van der Waals surface area contributed by atoms with Crippen molar-refractivity contribution in [2.75, 3.05) is 6.23 Å². The van der Waals surface area contributed by atoms with Gasteiger partial charge in [-0.1, -0.05) is 19.8 Å². The van der Waals surface area contributed by atoms with Gasteiger partial charge in [0.2, 0.25) is 0 Å². The summed E-state index contributed by atoms with van der Waals surface area (Å²) in [7, 11) is 0. The molecule has 0 fully saturated rings. The Morgan fingerprint density at radius 3 is 2.38 bits per heavy atom. The minimum absolute atomic E-state index is 0.0391. The molecule has 0 spiro atoms. The second-order valence-electron chi connectivity index (χ2n) is 2.73. The average molecular weight is 264 g/mol. The smallest absolute Gasteiger partial charge is 0.378 e.